The fourth-order valence-electron chi connectivity index (χ4n) is 2.25. The van der Waals surface area contributed by atoms with Crippen LogP contribution < -0.4 is 10.6 Å². The van der Waals surface area contributed by atoms with E-state index in [1.165, 1.54) is 22.5 Å². The van der Waals surface area contributed by atoms with Crippen molar-refractivity contribution in [3.63, 3.8) is 0 Å². The van der Waals surface area contributed by atoms with Gasteiger partial charge >= 0.3 is 0 Å². The predicted octanol–water partition coefficient (Wildman–Crippen LogP) is 3.78. The van der Waals surface area contributed by atoms with E-state index in [0.717, 1.165) is 0 Å². The van der Waals surface area contributed by atoms with Crippen LogP contribution in [0.15, 0.2) is 48.5 Å². The second-order valence-corrected chi connectivity index (χ2v) is 4.69. The van der Waals surface area contributed by atoms with Crippen LogP contribution in [0.4, 0.5) is 11.4 Å². The third kappa shape index (κ3) is 2.39. The van der Waals surface area contributed by atoms with Crippen LogP contribution in [0.2, 0.25) is 0 Å². The molecule has 0 amide bonds. The lowest BCUT2D eigenvalue weighted by atomic mass is 10.0. The van der Waals surface area contributed by atoms with Crippen molar-refractivity contribution in [2.75, 3.05) is 11.9 Å². The summed E-state index contributed by atoms with van der Waals surface area (Å²) >= 11 is 0. The Morgan fingerprint density at radius 3 is 2.11 bits per heavy atom. The molecule has 0 aliphatic rings. The maximum absolute atomic E-state index is 6.04. The Hall–Kier alpha value is -1.80. The maximum atomic E-state index is 6.04. The number of benzene rings is 2. The van der Waals surface area contributed by atoms with Crippen LogP contribution in [0, 0.1) is 6.92 Å². The first-order chi connectivity index (χ1) is 8.61. The van der Waals surface area contributed by atoms with E-state index >= 15 is 0 Å². The lowest BCUT2D eigenvalue weighted by Gasteiger charge is -2.25. The Kier molecular flexibility index (Phi) is 3.68. The predicted molar refractivity (Wildman–Crippen MR) is 78.3 cm³/mol. The Morgan fingerprint density at radius 2 is 1.50 bits per heavy atom. The summed E-state index contributed by atoms with van der Waals surface area (Å²) in [6, 6.07) is 16.7. The summed E-state index contributed by atoms with van der Waals surface area (Å²) in [7, 11) is 2.09. The van der Waals surface area contributed by atoms with Crippen LogP contribution in [0.5, 0.6) is 0 Å². The molecule has 0 fully saturated rings. The number of para-hydroxylation sites is 2. The normalized spacial score (nSPS) is 12.2. The lowest BCUT2D eigenvalue weighted by Crippen LogP contribution is -2.16. The standard InChI is InChI=1S/C16H20N2/c1-12-8-4-6-10-15(12)18(3)16-11-7-5-9-14(16)13(2)17/h4-11,13H,17H2,1-3H3. The summed E-state index contributed by atoms with van der Waals surface area (Å²) in [5.74, 6) is 0. The molecule has 0 saturated carbocycles. The van der Waals surface area contributed by atoms with Crippen molar-refractivity contribution in [3.05, 3.63) is 59.7 Å². The number of nitrogens with zero attached hydrogens (tertiary/aromatic N) is 1. The SMILES string of the molecule is Cc1ccccc1N(C)c1ccccc1C(C)N. The summed E-state index contributed by atoms with van der Waals surface area (Å²) in [5.41, 5.74) is 10.9. The number of anilines is 2. The van der Waals surface area contributed by atoms with Gasteiger partial charge in [0.1, 0.15) is 0 Å². The molecule has 2 aromatic carbocycles. The average molecular weight is 240 g/mol. The van der Waals surface area contributed by atoms with Crippen molar-refractivity contribution >= 4 is 11.4 Å². The smallest absolute Gasteiger partial charge is 0.0456 e. The van der Waals surface area contributed by atoms with Crippen molar-refractivity contribution in [2.24, 2.45) is 5.73 Å². The molecule has 0 heterocycles. The molecule has 0 radical (unpaired) electrons. The molecule has 94 valence electrons. The highest BCUT2D eigenvalue weighted by Crippen LogP contribution is 2.31. The van der Waals surface area contributed by atoms with Gasteiger partial charge in [-0.2, -0.15) is 0 Å². The minimum atomic E-state index is 0.0349. The van der Waals surface area contributed by atoms with E-state index in [1.54, 1.807) is 0 Å². The molecular weight excluding hydrogens is 220 g/mol. The molecule has 0 saturated heterocycles. The third-order valence-electron chi connectivity index (χ3n) is 3.27. The van der Waals surface area contributed by atoms with Crippen molar-refractivity contribution in [1.82, 2.24) is 0 Å². The third-order valence-corrected chi connectivity index (χ3v) is 3.27. The molecule has 0 aliphatic heterocycles. The van der Waals surface area contributed by atoms with Gasteiger partial charge in [-0.15, -0.1) is 0 Å². The molecule has 0 spiro atoms. The largest absolute Gasteiger partial charge is 0.344 e. The highest BCUT2D eigenvalue weighted by atomic mass is 15.1. The Balaban J connectivity index is 2.46. The minimum Gasteiger partial charge on any atom is -0.344 e. The van der Waals surface area contributed by atoms with Gasteiger partial charge in [0, 0.05) is 24.5 Å². The summed E-state index contributed by atoms with van der Waals surface area (Å²) < 4.78 is 0. The molecule has 2 N–H and O–H groups in total. The molecule has 18 heavy (non-hydrogen) atoms. The lowest BCUT2D eigenvalue weighted by molar-refractivity contribution is 0.815. The maximum Gasteiger partial charge on any atom is 0.0456 e. The van der Waals surface area contributed by atoms with Gasteiger partial charge < -0.3 is 10.6 Å². The van der Waals surface area contributed by atoms with E-state index in [2.05, 4.69) is 61.3 Å². The van der Waals surface area contributed by atoms with E-state index in [1.807, 2.05) is 13.0 Å². The fraction of sp³-hybridized carbons (Fsp3) is 0.250. The molecule has 0 aromatic heterocycles. The van der Waals surface area contributed by atoms with Gasteiger partial charge in [0.15, 0.2) is 0 Å². The minimum absolute atomic E-state index is 0.0349. The van der Waals surface area contributed by atoms with E-state index in [-0.39, 0.29) is 6.04 Å². The quantitative estimate of drug-likeness (QED) is 0.884. The number of rotatable bonds is 3. The number of hydrogen-bond donors (Lipinski definition) is 1. The van der Waals surface area contributed by atoms with Gasteiger partial charge in [0.2, 0.25) is 0 Å². The van der Waals surface area contributed by atoms with E-state index in [4.69, 9.17) is 5.73 Å². The Morgan fingerprint density at radius 1 is 0.944 bits per heavy atom. The molecule has 2 heteroatoms. The first kappa shape index (κ1) is 12.7. The van der Waals surface area contributed by atoms with Crippen LogP contribution >= 0.6 is 0 Å². The van der Waals surface area contributed by atoms with Gasteiger partial charge in [-0.25, -0.2) is 0 Å². The zero-order chi connectivity index (χ0) is 13.1. The van der Waals surface area contributed by atoms with E-state index < -0.39 is 0 Å². The molecule has 1 atom stereocenters. The molecule has 2 nitrogen and oxygen atoms in total. The highest BCUT2D eigenvalue weighted by molar-refractivity contribution is 5.68. The van der Waals surface area contributed by atoms with Crippen molar-refractivity contribution in [2.45, 2.75) is 19.9 Å². The number of hydrogen-bond acceptors (Lipinski definition) is 2. The van der Waals surface area contributed by atoms with Crippen LogP contribution in [0.3, 0.4) is 0 Å². The molecule has 0 bridgehead atoms. The summed E-state index contributed by atoms with van der Waals surface area (Å²) in [4.78, 5) is 2.20. The first-order valence-corrected chi connectivity index (χ1v) is 6.25. The second-order valence-electron chi connectivity index (χ2n) is 4.69. The van der Waals surface area contributed by atoms with Crippen LogP contribution in [-0.2, 0) is 0 Å². The van der Waals surface area contributed by atoms with Gasteiger partial charge in [-0.3, -0.25) is 0 Å². The fourth-order valence-corrected chi connectivity index (χ4v) is 2.25. The molecule has 2 aromatic rings. The van der Waals surface area contributed by atoms with Crippen LogP contribution in [0.1, 0.15) is 24.1 Å². The highest BCUT2D eigenvalue weighted by Gasteiger charge is 2.12. The summed E-state index contributed by atoms with van der Waals surface area (Å²) in [5, 5.41) is 0. The first-order valence-electron chi connectivity index (χ1n) is 6.25. The average Bonchev–Trinajstić information content (AvgIpc) is 2.38. The van der Waals surface area contributed by atoms with Gasteiger partial charge in [-0.1, -0.05) is 36.4 Å². The van der Waals surface area contributed by atoms with E-state index in [9.17, 15) is 0 Å². The Bertz CT molecular complexity index is 532. The zero-order valence-corrected chi connectivity index (χ0v) is 11.2. The Labute approximate surface area is 109 Å². The molecular formula is C16H20N2. The van der Waals surface area contributed by atoms with Crippen molar-refractivity contribution in [1.29, 1.82) is 0 Å². The van der Waals surface area contributed by atoms with E-state index in [0.29, 0.717) is 0 Å². The molecule has 2 rings (SSSR count). The monoisotopic (exact) mass is 240 g/mol. The van der Waals surface area contributed by atoms with Crippen molar-refractivity contribution < 1.29 is 0 Å². The topological polar surface area (TPSA) is 29.3 Å². The summed E-state index contributed by atoms with van der Waals surface area (Å²) in [6.45, 7) is 4.14. The summed E-state index contributed by atoms with van der Waals surface area (Å²) in [6.07, 6.45) is 0. The second kappa shape index (κ2) is 5.23. The van der Waals surface area contributed by atoms with Crippen molar-refractivity contribution in [3.8, 4) is 0 Å². The number of nitrogens with two attached hydrogens (primary N) is 1. The molecule has 1 unspecified atom stereocenters. The van der Waals surface area contributed by atoms with Gasteiger partial charge in [0.05, 0.1) is 0 Å². The van der Waals surface area contributed by atoms with Crippen LogP contribution in [0.25, 0.3) is 0 Å². The number of aryl methyl sites for hydroxylation is 1. The van der Waals surface area contributed by atoms with Gasteiger partial charge in [-0.05, 0) is 37.1 Å². The van der Waals surface area contributed by atoms with Crippen LogP contribution in [-0.4, -0.2) is 7.05 Å². The zero-order valence-electron chi connectivity index (χ0n) is 11.2. The van der Waals surface area contributed by atoms with Gasteiger partial charge in [0.25, 0.3) is 0 Å². The molecule has 0 aliphatic carbocycles.